The van der Waals surface area contributed by atoms with E-state index in [9.17, 15) is 13.2 Å². The second kappa shape index (κ2) is 6.45. The van der Waals surface area contributed by atoms with Gasteiger partial charge < -0.3 is 5.32 Å². The smallest absolute Gasteiger partial charge is 0.305 e. The number of aromatic nitrogens is 1. The zero-order valence-electron chi connectivity index (χ0n) is 10.7. The van der Waals surface area contributed by atoms with E-state index in [0.717, 1.165) is 47.5 Å². The molecule has 19 heavy (non-hydrogen) atoms. The maximum absolute atomic E-state index is 12.5. The Bertz CT molecular complexity index is 400. The average Bonchev–Trinajstić information content (AvgIpc) is 2.86. The van der Waals surface area contributed by atoms with Crippen molar-refractivity contribution in [2.75, 3.05) is 11.5 Å². The van der Waals surface area contributed by atoms with E-state index >= 15 is 0 Å². The molecule has 0 bridgehead atoms. The normalized spacial score (nSPS) is 19.6. The summed E-state index contributed by atoms with van der Waals surface area (Å²) >= 11 is 3.03. The summed E-state index contributed by atoms with van der Waals surface area (Å²) in [5.41, 5.74) is -0.771. The van der Waals surface area contributed by atoms with E-state index in [2.05, 4.69) is 10.3 Å². The maximum atomic E-state index is 12.5. The lowest BCUT2D eigenvalue weighted by Gasteiger charge is -2.26. The van der Waals surface area contributed by atoms with E-state index in [1.165, 1.54) is 0 Å². The molecule has 2 nitrogen and oxygen atoms in total. The van der Waals surface area contributed by atoms with Gasteiger partial charge in [0.2, 0.25) is 0 Å². The fourth-order valence-corrected chi connectivity index (χ4v) is 4.17. The lowest BCUT2D eigenvalue weighted by atomic mass is 10.1. The third-order valence-corrected chi connectivity index (χ3v) is 5.18. The summed E-state index contributed by atoms with van der Waals surface area (Å²) in [6, 6.07) is 0.346. The fraction of sp³-hybridized carbons (Fsp3) is 0.750. The van der Waals surface area contributed by atoms with Crippen LogP contribution in [0.1, 0.15) is 42.9 Å². The number of hydrogen-bond donors (Lipinski definition) is 1. The predicted molar refractivity (Wildman–Crippen MR) is 73.6 cm³/mol. The van der Waals surface area contributed by atoms with Crippen LogP contribution < -0.4 is 5.32 Å². The topological polar surface area (TPSA) is 24.9 Å². The molecule has 1 fully saturated rings. The number of thioether (sulfide) groups is 1. The summed E-state index contributed by atoms with van der Waals surface area (Å²) in [7, 11) is 0. The van der Waals surface area contributed by atoms with Crippen LogP contribution in [0.5, 0.6) is 0 Å². The van der Waals surface area contributed by atoms with Gasteiger partial charge in [0, 0.05) is 11.4 Å². The highest BCUT2D eigenvalue weighted by molar-refractivity contribution is 7.99. The molecule has 1 N–H and O–H groups in total. The average molecular weight is 310 g/mol. The van der Waals surface area contributed by atoms with Gasteiger partial charge in [-0.15, -0.1) is 11.3 Å². The highest BCUT2D eigenvalue weighted by Gasteiger charge is 2.34. The molecule has 0 radical (unpaired) electrons. The molecular weight excluding hydrogens is 293 g/mol. The number of alkyl halides is 3. The van der Waals surface area contributed by atoms with Gasteiger partial charge in [0.25, 0.3) is 0 Å². The van der Waals surface area contributed by atoms with Crippen molar-refractivity contribution in [2.45, 2.75) is 44.4 Å². The van der Waals surface area contributed by atoms with Crippen LogP contribution in [0.15, 0.2) is 5.38 Å². The van der Waals surface area contributed by atoms with Crippen molar-refractivity contribution < 1.29 is 13.2 Å². The lowest BCUT2D eigenvalue weighted by Crippen LogP contribution is -2.35. The van der Waals surface area contributed by atoms with E-state index < -0.39 is 11.9 Å². The summed E-state index contributed by atoms with van der Waals surface area (Å²) in [5.74, 6) is 2.25. The Kier molecular flexibility index (Phi) is 5.14. The van der Waals surface area contributed by atoms with Gasteiger partial charge in [-0.05, 0) is 30.8 Å². The molecule has 0 spiro atoms. The number of halogens is 3. The van der Waals surface area contributed by atoms with E-state index in [1.54, 1.807) is 0 Å². The number of nitrogens with zero attached hydrogens (tertiary/aromatic N) is 1. The largest absolute Gasteiger partial charge is 0.434 e. The zero-order chi connectivity index (χ0) is 13.9. The highest BCUT2D eigenvalue weighted by Crippen LogP contribution is 2.33. The Morgan fingerprint density at radius 1 is 1.42 bits per heavy atom. The Hall–Kier alpha value is -0.270. The van der Waals surface area contributed by atoms with Crippen LogP contribution >= 0.6 is 23.1 Å². The van der Waals surface area contributed by atoms with Gasteiger partial charge in [0.15, 0.2) is 5.69 Å². The molecule has 108 valence electrons. The Labute approximate surface area is 119 Å². The van der Waals surface area contributed by atoms with Crippen molar-refractivity contribution in [3.63, 3.8) is 0 Å². The Morgan fingerprint density at radius 3 is 2.63 bits per heavy atom. The minimum absolute atomic E-state index is 0.0609. The molecule has 0 aliphatic carbocycles. The number of rotatable bonds is 4. The molecule has 1 aliphatic heterocycles. The summed E-state index contributed by atoms with van der Waals surface area (Å²) in [6.45, 7) is 1.98. The van der Waals surface area contributed by atoms with Gasteiger partial charge in [-0.1, -0.05) is 6.92 Å². The van der Waals surface area contributed by atoms with Crippen molar-refractivity contribution in [1.82, 2.24) is 10.3 Å². The molecule has 7 heteroatoms. The summed E-state index contributed by atoms with van der Waals surface area (Å²) in [4.78, 5) is 3.74. The van der Waals surface area contributed by atoms with Crippen LogP contribution in [0.25, 0.3) is 0 Å². The number of thiazole rings is 1. The molecule has 1 atom stereocenters. The molecule has 1 aromatic heterocycles. The molecule has 1 aliphatic rings. The molecule has 1 aromatic rings. The van der Waals surface area contributed by atoms with Gasteiger partial charge in [-0.25, -0.2) is 4.98 Å². The van der Waals surface area contributed by atoms with Gasteiger partial charge >= 0.3 is 6.18 Å². The van der Waals surface area contributed by atoms with Crippen LogP contribution in [0, 0.1) is 0 Å². The van der Waals surface area contributed by atoms with Crippen LogP contribution in [0.4, 0.5) is 13.2 Å². The first-order valence-electron chi connectivity index (χ1n) is 6.37. The molecular formula is C12H17F3N2S2. The van der Waals surface area contributed by atoms with Crippen molar-refractivity contribution in [1.29, 1.82) is 0 Å². The quantitative estimate of drug-likeness (QED) is 0.906. The van der Waals surface area contributed by atoms with Gasteiger partial charge in [-0.2, -0.15) is 24.9 Å². The second-order valence-electron chi connectivity index (χ2n) is 4.58. The van der Waals surface area contributed by atoms with Crippen LogP contribution in [-0.4, -0.2) is 22.5 Å². The van der Waals surface area contributed by atoms with Crippen molar-refractivity contribution in [3.05, 3.63) is 16.1 Å². The third-order valence-electron chi connectivity index (χ3n) is 3.18. The second-order valence-corrected chi connectivity index (χ2v) is 6.70. The van der Waals surface area contributed by atoms with Gasteiger partial charge in [0.1, 0.15) is 5.01 Å². The third kappa shape index (κ3) is 4.10. The summed E-state index contributed by atoms with van der Waals surface area (Å²) < 4.78 is 37.6. The molecule has 1 saturated heterocycles. The zero-order valence-corrected chi connectivity index (χ0v) is 12.3. The molecule has 0 aromatic carbocycles. The fourth-order valence-electron chi connectivity index (χ4n) is 2.09. The maximum Gasteiger partial charge on any atom is 0.434 e. The number of hydrogen-bond acceptors (Lipinski definition) is 4. The van der Waals surface area contributed by atoms with Gasteiger partial charge in [-0.3, -0.25) is 0 Å². The Balaban J connectivity index is 2.02. The molecule has 1 unspecified atom stereocenters. The van der Waals surface area contributed by atoms with E-state index in [-0.39, 0.29) is 6.04 Å². The number of nitrogens with one attached hydrogen (secondary N) is 1. The summed E-state index contributed by atoms with van der Waals surface area (Å²) in [6.07, 6.45) is -1.42. The Morgan fingerprint density at radius 2 is 2.11 bits per heavy atom. The van der Waals surface area contributed by atoms with Crippen molar-refractivity contribution in [2.24, 2.45) is 0 Å². The van der Waals surface area contributed by atoms with Crippen LogP contribution in [-0.2, 0) is 6.18 Å². The van der Waals surface area contributed by atoms with Crippen LogP contribution in [0.3, 0.4) is 0 Å². The van der Waals surface area contributed by atoms with Crippen molar-refractivity contribution >= 4 is 23.1 Å². The first kappa shape index (κ1) is 15.1. The first-order chi connectivity index (χ1) is 9.00. The minimum Gasteiger partial charge on any atom is -0.305 e. The van der Waals surface area contributed by atoms with E-state index in [1.807, 2.05) is 18.7 Å². The van der Waals surface area contributed by atoms with Crippen molar-refractivity contribution in [3.8, 4) is 0 Å². The SMILES string of the molecule is CCC(NC1CCSCC1)c1nc(C(F)(F)F)cs1. The highest BCUT2D eigenvalue weighted by atomic mass is 32.2. The first-order valence-corrected chi connectivity index (χ1v) is 8.40. The minimum atomic E-state index is -4.34. The summed E-state index contributed by atoms with van der Waals surface area (Å²) in [5, 5.41) is 5.11. The molecule has 0 saturated carbocycles. The monoisotopic (exact) mass is 310 g/mol. The van der Waals surface area contributed by atoms with Crippen LogP contribution in [0.2, 0.25) is 0 Å². The van der Waals surface area contributed by atoms with Gasteiger partial charge in [0.05, 0.1) is 6.04 Å². The van der Waals surface area contributed by atoms with E-state index in [0.29, 0.717) is 11.0 Å². The lowest BCUT2D eigenvalue weighted by molar-refractivity contribution is -0.140. The molecule has 2 heterocycles. The molecule has 2 rings (SSSR count). The standard InChI is InChI=1S/C12H17F3N2S2/c1-2-9(16-8-3-5-18-6-4-8)11-17-10(7-19-11)12(13,14)15/h7-9,16H,2-6H2,1H3. The van der Waals surface area contributed by atoms with E-state index in [4.69, 9.17) is 0 Å². The predicted octanol–water partition coefficient (Wildman–Crippen LogP) is 4.10. The molecule has 0 amide bonds.